The van der Waals surface area contributed by atoms with E-state index >= 15 is 0 Å². The monoisotopic (exact) mass is 187 g/mol. The molecule has 74 valence electrons. The Morgan fingerprint density at radius 3 is 2.85 bits per heavy atom. The number of rotatable bonds is 3. The van der Waals surface area contributed by atoms with Crippen LogP contribution in [0.25, 0.3) is 0 Å². The van der Waals surface area contributed by atoms with Gasteiger partial charge in [0.25, 0.3) is 0 Å². The highest BCUT2D eigenvalue weighted by atomic mass is 16.6. The average molecular weight is 187 g/mol. The predicted octanol–water partition coefficient (Wildman–Crippen LogP) is 1.15. The summed E-state index contributed by atoms with van der Waals surface area (Å²) in [6, 6.07) is 0. The average Bonchev–Trinajstić information content (AvgIpc) is 2.33. The van der Waals surface area contributed by atoms with Gasteiger partial charge in [-0.3, -0.25) is 14.9 Å². The van der Waals surface area contributed by atoms with E-state index in [4.69, 9.17) is 5.11 Å². The summed E-state index contributed by atoms with van der Waals surface area (Å²) in [6.07, 6.45) is 1.99. The molecular weight excluding hydrogens is 174 g/mol. The minimum Gasteiger partial charge on any atom is -0.481 e. The fourth-order valence-electron chi connectivity index (χ4n) is 1.99. The molecule has 0 aromatic heterocycles. The van der Waals surface area contributed by atoms with Gasteiger partial charge in [-0.2, -0.15) is 0 Å². The lowest BCUT2D eigenvalue weighted by molar-refractivity contribution is -0.490. The minimum atomic E-state index is -0.906. The third kappa shape index (κ3) is 1.79. The Morgan fingerprint density at radius 2 is 2.38 bits per heavy atom. The second-order valence-corrected chi connectivity index (χ2v) is 3.83. The Hall–Kier alpha value is -1.13. The van der Waals surface area contributed by atoms with Crippen molar-refractivity contribution in [2.24, 2.45) is 11.3 Å². The zero-order valence-corrected chi connectivity index (χ0v) is 7.52. The molecule has 0 heterocycles. The summed E-state index contributed by atoms with van der Waals surface area (Å²) in [6.45, 7) is 1.39. The number of hydrogen-bond acceptors (Lipinski definition) is 3. The molecule has 0 amide bonds. The van der Waals surface area contributed by atoms with Crippen LogP contribution in [0.15, 0.2) is 0 Å². The number of carboxylic acids is 1. The van der Waals surface area contributed by atoms with Gasteiger partial charge in [-0.25, -0.2) is 0 Å². The second-order valence-electron chi connectivity index (χ2n) is 3.83. The van der Waals surface area contributed by atoms with E-state index in [-0.39, 0.29) is 12.5 Å². The third-order valence-corrected chi connectivity index (χ3v) is 3.01. The van der Waals surface area contributed by atoms with Gasteiger partial charge in [0.05, 0.1) is 5.41 Å². The van der Waals surface area contributed by atoms with Gasteiger partial charge in [0.1, 0.15) is 0 Å². The molecule has 0 radical (unpaired) electrons. The van der Waals surface area contributed by atoms with Crippen LogP contribution < -0.4 is 0 Å². The molecule has 0 spiro atoms. The first-order valence-corrected chi connectivity index (χ1v) is 4.32. The largest absolute Gasteiger partial charge is 0.481 e. The van der Waals surface area contributed by atoms with Crippen LogP contribution >= 0.6 is 0 Å². The van der Waals surface area contributed by atoms with Crippen molar-refractivity contribution in [3.05, 3.63) is 10.1 Å². The number of aliphatic carboxylic acids is 1. The molecule has 0 bridgehead atoms. The summed E-state index contributed by atoms with van der Waals surface area (Å²) >= 11 is 0. The molecule has 0 aromatic rings. The molecule has 1 aliphatic rings. The molecule has 1 rings (SSSR count). The first-order valence-electron chi connectivity index (χ1n) is 4.32. The molecule has 1 unspecified atom stereocenters. The van der Waals surface area contributed by atoms with Crippen LogP contribution in [0.3, 0.4) is 0 Å². The standard InChI is InChI=1S/C8H13NO4/c1-8(7(10)11)4-2-3-6(8)5-9(12)13/h6H,2-5H2,1H3,(H,10,11)/t6-,8?/m1/s1. The topological polar surface area (TPSA) is 80.4 Å². The summed E-state index contributed by atoms with van der Waals surface area (Å²) in [4.78, 5) is 20.8. The van der Waals surface area contributed by atoms with E-state index in [1.165, 1.54) is 0 Å². The molecule has 1 saturated carbocycles. The van der Waals surface area contributed by atoms with E-state index in [2.05, 4.69) is 0 Å². The molecule has 0 saturated heterocycles. The number of carboxylic acid groups (broad SMARTS) is 1. The number of nitrogens with zero attached hydrogens (tertiary/aromatic N) is 1. The van der Waals surface area contributed by atoms with E-state index in [0.717, 1.165) is 6.42 Å². The molecule has 1 fully saturated rings. The van der Waals surface area contributed by atoms with Gasteiger partial charge in [-0.1, -0.05) is 6.42 Å². The molecule has 5 nitrogen and oxygen atoms in total. The smallest absolute Gasteiger partial charge is 0.309 e. The Kier molecular flexibility index (Phi) is 2.54. The Balaban J connectivity index is 2.73. The number of hydrogen-bond donors (Lipinski definition) is 1. The summed E-state index contributed by atoms with van der Waals surface area (Å²) < 4.78 is 0. The summed E-state index contributed by atoms with van der Waals surface area (Å²) in [5.41, 5.74) is -0.882. The highest BCUT2D eigenvalue weighted by molar-refractivity contribution is 5.75. The highest BCUT2D eigenvalue weighted by Gasteiger charge is 2.47. The fourth-order valence-corrected chi connectivity index (χ4v) is 1.99. The molecule has 1 aliphatic carbocycles. The zero-order valence-electron chi connectivity index (χ0n) is 7.52. The predicted molar refractivity (Wildman–Crippen MR) is 44.9 cm³/mol. The lowest BCUT2D eigenvalue weighted by Gasteiger charge is -2.23. The first kappa shape index (κ1) is 9.95. The van der Waals surface area contributed by atoms with E-state index in [1.807, 2.05) is 0 Å². The number of carbonyl (C=O) groups is 1. The summed E-state index contributed by atoms with van der Waals surface area (Å²) in [5, 5.41) is 19.2. The van der Waals surface area contributed by atoms with Gasteiger partial charge in [0, 0.05) is 10.8 Å². The lowest BCUT2D eigenvalue weighted by atomic mass is 9.80. The quantitative estimate of drug-likeness (QED) is 0.531. The summed E-state index contributed by atoms with van der Waals surface area (Å²) in [7, 11) is 0. The Labute approximate surface area is 75.9 Å². The van der Waals surface area contributed by atoms with Gasteiger partial charge < -0.3 is 5.11 Å². The van der Waals surface area contributed by atoms with Gasteiger partial charge in [-0.15, -0.1) is 0 Å². The zero-order chi connectivity index (χ0) is 10.1. The molecule has 0 aromatic carbocycles. The third-order valence-electron chi connectivity index (χ3n) is 3.01. The van der Waals surface area contributed by atoms with Crippen LogP contribution in [-0.4, -0.2) is 22.5 Å². The lowest BCUT2D eigenvalue weighted by Crippen LogP contribution is -2.35. The van der Waals surface area contributed by atoms with Gasteiger partial charge in [-0.05, 0) is 19.8 Å². The summed E-state index contributed by atoms with van der Waals surface area (Å²) in [5.74, 6) is -1.21. The van der Waals surface area contributed by atoms with E-state index in [9.17, 15) is 14.9 Å². The fraction of sp³-hybridized carbons (Fsp3) is 0.875. The highest BCUT2D eigenvalue weighted by Crippen LogP contribution is 2.43. The van der Waals surface area contributed by atoms with Crippen molar-refractivity contribution < 1.29 is 14.8 Å². The Morgan fingerprint density at radius 1 is 1.77 bits per heavy atom. The van der Waals surface area contributed by atoms with Gasteiger partial charge >= 0.3 is 5.97 Å². The molecule has 2 atom stereocenters. The molecule has 13 heavy (non-hydrogen) atoms. The maximum absolute atomic E-state index is 10.9. The van der Waals surface area contributed by atoms with Crippen molar-refractivity contribution in [3.8, 4) is 0 Å². The second kappa shape index (κ2) is 3.32. The van der Waals surface area contributed by atoms with Crippen molar-refractivity contribution in [2.45, 2.75) is 26.2 Å². The van der Waals surface area contributed by atoms with Crippen LogP contribution in [0, 0.1) is 21.4 Å². The van der Waals surface area contributed by atoms with Gasteiger partial charge in [0.15, 0.2) is 0 Å². The van der Waals surface area contributed by atoms with Crippen molar-refractivity contribution in [1.82, 2.24) is 0 Å². The van der Waals surface area contributed by atoms with Crippen LogP contribution in [0.1, 0.15) is 26.2 Å². The van der Waals surface area contributed by atoms with Crippen molar-refractivity contribution in [3.63, 3.8) is 0 Å². The molecule has 1 N–H and O–H groups in total. The first-order chi connectivity index (χ1) is 5.97. The Bertz CT molecular complexity index is 240. The van der Waals surface area contributed by atoms with Crippen molar-refractivity contribution >= 4 is 5.97 Å². The van der Waals surface area contributed by atoms with E-state index in [0.29, 0.717) is 12.8 Å². The van der Waals surface area contributed by atoms with Crippen LogP contribution in [0.5, 0.6) is 0 Å². The van der Waals surface area contributed by atoms with Crippen LogP contribution in [0.4, 0.5) is 0 Å². The van der Waals surface area contributed by atoms with E-state index < -0.39 is 16.3 Å². The van der Waals surface area contributed by atoms with Crippen molar-refractivity contribution in [1.29, 1.82) is 0 Å². The van der Waals surface area contributed by atoms with E-state index in [1.54, 1.807) is 6.92 Å². The maximum atomic E-state index is 10.9. The SMILES string of the molecule is CC1(C(=O)O)CCC[C@@H]1C[N+](=O)[O-]. The molecular formula is C8H13NO4. The van der Waals surface area contributed by atoms with Crippen LogP contribution in [0.2, 0.25) is 0 Å². The minimum absolute atomic E-state index is 0.219. The van der Waals surface area contributed by atoms with Gasteiger partial charge in [0.2, 0.25) is 6.54 Å². The normalized spacial score (nSPS) is 33.2. The van der Waals surface area contributed by atoms with Crippen LogP contribution in [-0.2, 0) is 4.79 Å². The van der Waals surface area contributed by atoms with Crippen molar-refractivity contribution in [2.75, 3.05) is 6.54 Å². The molecule has 0 aliphatic heterocycles. The number of nitro groups is 1. The maximum Gasteiger partial charge on any atom is 0.309 e. The molecule has 5 heteroatoms.